The number of esters is 1. The van der Waals surface area contributed by atoms with Crippen molar-refractivity contribution in [2.45, 2.75) is 6.54 Å². The lowest BCUT2D eigenvalue weighted by molar-refractivity contribution is 0.0492. The molecule has 0 N–H and O–H groups in total. The summed E-state index contributed by atoms with van der Waals surface area (Å²) in [6, 6.07) is 17.1. The van der Waals surface area contributed by atoms with Gasteiger partial charge in [0.1, 0.15) is 6.61 Å². The molecule has 0 aliphatic rings. The highest BCUT2D eigenvalue weighted by Gasteiger charge is 2.15. The number of nitrogens with zero attached hydrogens (tertiary/aromatic N) is 4. The van der Waals surface area contributed by atoms with Crippen LogP contribution in [0.5, 0.6) is 0 Å². The van der Waals surface area contributed by atoms with Gasteiger partial charge in [-0.2, -0.15) is 0 Å². The number of fused-ring (bicyclic) bond motifs is 1. The van der Waals surface area contributed by atoms with Gasteiger partial charge < -0.3 is 9.30 Å². The van der Waals surface area contributed by atoms with Gasteiger partial charge in [0, 0.05) is 14.1 Å². The predicted octanol–water partition coefficient (Wildman–Crippen LogP) is 1.96. The van der Waals surface area contributed by atoms with E-state index in [1.165, 1.54) is 17.9 Å². The summed E-state index contributed by atoms with van der Waals surface area (Å²) in [5.74, 6) is -0.445. The van der Waals surface area contributed by atoms with Crippen molar-refractivity contribution in [1.82, 2.24) is 18.7 Å². The predicted molar refractivity (Wildman–Crippen MR) is 112 cm³/mol. The summed E-state index contributed by atoms with van der Waals surface area (Å²) in [4.78, 5) is 40.9. The molecule has 0 saturated carbocycles. The van der Waals surface area contributed by atoms with Crippen LogP contribution in [0.1, 0.15) is 10.4 Å². The number of aryl methyl sites for hydroxylation is 1. The summed E-state index contributed by atoms with van der Waals surface area (Å²) in [7, 11) is 2.97. The molecule has 152 valence electrons. The highest BCUT2D eigenvalue weighted by Crippen LogP contribution is 2.19. The van der Waals surface area contributed by atoms with Crippen LogP contribution >= 0.6 is 0 Å². The molecule has 2 aromatic heterocycles. The van der Waals surface area contributed by atoms with Crippen molar-refractivity contribution in [2.24, 2.45) is 14.1 Å². The zero-order chi connectivity index (χ0) is 21.3. The van der Waals surface area contributed by atoms with Crippen LogP contribution in [0.3, 0.4) is 0 Å². The molecule has 0 aliphatic heterocycles. The van der Waals surface area contributed by atoms with Gasteiger partial charge in [-0.15, -0.1) is 0 Å². The van der Waals surface area contributed by atoms with Gasteiger partial charge in [-0.05, 0) is 23.3 Å². The number of hydrogen-bond acceptors (Lipinski definition) is 5. The van der Waals surface area contributed by atoms with E-state index in [4.69, 9.17) is 4.74 Å². The summed E-state index contributed by atoms with van der Waals surface area (Å²) in [6.45, 7) is 0.314. The molecule has 0 aliphatic carbocycles. The molecule has 0 fully saturated rings. The van der Waals surface area contributed by atoms with E-state index < -0.39 is 17.2 Å². The summed E-state index contributed by atoms with van der Waals surface area (Å²) in [5.41, 5.74) is 2.24. The van der Waals surface area contributed by atoms with E-state index >= 15 is 0 Å². The van der Waals surface area contributed by atoms with E-state index in [1.807, 2.05) is 42.5 Å². The van der Waals surface area contributed by atoms with Gasteiger partial charge in [-0.1, -0.05) is 42.5 Å². The average molecular weight is 404 g/mol. The number of carbonyl (C=O) groups is 1. The Labute approximate surface area is 171 Å². The minimum atomic E-state index is -0.445. The van der Waals surface area contributed by atoms with Crippen molar-refractivity contribution in [3.63, 3.8) is 0 Å². The molecule has 0 spiro atoms. The lowest BCUT2D eigenvalue weighted by Crippen LogP contribution is -2.37. The van der Waals surface area contributed by atoms with Crippen LogP contribution < -0.4 is 11.2 Å². The van der Waals surface area contributed by atoms with Gasteiger partial charge in [-0.25, -0.2) is 14.6 Å². The second-order valence-corrected chi connectivity index (χ2v) is 6.90. The number of ether oxygens (including phenoxy) is 1. The average Bonchev–Trinajstić information content (AvgIpc) is 3.21. The van der Waals surface area contributed by atoms with Crippen LogP contribution in [0.4, 0.5) is 0 Å². The van der Waals surface area contributed by atoms with Crippen molar-refractivity contribution >= 4 is 17.1 Å². The molecule has 0 atom stereocenters. The van der Waals surface area contributed by atoms with Gasteiger partial charge in [-0.3, -0.25) is 13.9 Å². The van der Waals surface area contributed by atoms with E-state index in [1.54, 1.807) is 23.7 Å². The molecular formula is C22H20N4O4. The topological polar surface area (TPSA) is 88.1 Å². The fraction of sp³-hybridized carbons (Fsp3) is 0.182. The van der Waals surface area contributed by atoms with Crippen molar-refractivity contribution in [2.75, 3.05) is 6.61 Å². The van der Waals surface area contributed by atoms with Gasteiger partial charge in [0.25, 0.3) is 5.56 Å². The first-order valence-electron chi connectivity index (χ1n) is 9.41. The van der Waals surface area contributed by atoms with Crippen LogP contribution in [-0.2, 0) is 25.4 Å². The first-order chi connectivity index (χ1) is 14.5. The van der Waals surface area contributed by atoms with Crippen LogP contribution in [0.2, 0.25) is 0 Å². The molecular weight excluding hydrogens is 384 g/mol. The molecule has 8 nitrogen and oxygen atoms in total. The molecule has 2 aromatic carbocycles. The Balaban J connectivity index is 1.45. The third kappa shape index (κ3) is 3.43. The van der Waals surface area contributed by atoms with Crippen LogP contribution in [0.25, 0.3) is 22.3 Å². The Kier molecular flexibility index (Phi) is 5.05. The largest absolute Gasteiger partial charge is 0.460 e. The Morgan fingerprint density at radius 1 is 0.933 bits per heavy atom. The van der Waals surface area contributed by atoms with Gasteiger partial charge in [0.05, 0.1) is 18.4 Å². The smallest absolute Gasteiger partial charge is 0.338 e. The summed E-state index contributed by atoms with van der Waals surface area (Å²) < 4.78 is 9.28. The fourth-order valence-corrected chi connectivity index (χ4v) is 3.32. The third-order valence-corrected chi connectivity index (χ3v) is 5.01. The summed E-state index contributed by atoms with van der Waals surface area (Å²) in [5, 5.41) is 0. The van der Waals surface area contributed by atoms with Crippen LogP contribution in [-0.4, -0.2) is 31.3 Å². The number of carbonyl (C=O) groups excluding carboxylic acids is 1. The number of hydrogen-bond donors (Lipinski definition) is 0. The Morgan fingerprint density at radius 2 is 1.60 bits per heavy atom. The lowest BCUT2D eigenvalue weighted by Gasteiger charge is -2.08. The molecule has 30 heavy (non-hydrogen) atoms. The van der Waals surface area contributed by atoms with Crippen LogP contribution in [0, 0.1) is 0 Å². The molecule has 0 saturated heterocycles. The van der Waals surface area contributed by atoms with E-state index in [0.29, 0.717) is 16.7 Å². The standard InChI is InChI=1S/C22H20N4O4/c1-24-19-18(20(27)25(2)22(24)29)26(14-23-19)12-13-30-21(28)17-10-8-16(9-11-17)15-6-4-3-5-7-15/h3-11,14H,12-13H2,1-2H3. The maximum Gasteiger partial charge on any atom is 0.338 e. The lowest BCUT2D eigenvalue weighted by atomic mass is 10.0. The minimum absolute atomic E-state index is 0.0662. The van der Waals surface area contributed by atoms with Gasteiger partial charge >= 0.3 is 11.7 Å². The highest BCUT2D eigenvalue weighted by atomic mass is 16.5. The van der Waals surface area contributed by atoms with Crippen molar-refractivity contribution in [3.8, 4) is 11.1 Å². The molecule has 0 radical (unpaired) electrons. The Bertz CT molecular complexity index is 1330. The summed E-state index contributed by atoms with van der Waals surface area (Å²) in [6.07, 6.45) is 1.47. The number of imidazole rings is 1. The maximum absolute atomic E-state index is 12.4. The first-order valence-corrected chi connectivity index (χ1v) is 9.41. The van der Waals surface area contributed by atoms with Crippen molar-refractivity contribution in [3.05, 3.63) is 87.3 Å². The third-order valence-electron chi connectivity index (χ3n) is 5.01. The minimum Gasteiger partial charge on any atom is -0.460 e. The van der Waals surface area contributed by atoms with E-state index in [-0.39, 0.29) is 13.2 Å². The van der Waals surface area contributed by atoms with Crippen LogP contribution in [0.15, 0.2) is 70.5 Å². The molecule has 8 heteroatoms. The molecule has 0 bridgehead atoms. The SMILES string of the molecule is Cn1c(=O)c2c(ncn2CCOC(=O)c2ccc(-c3ccccc3)cc2)n(C)c1=O. The summed E-state index contributed by atoms with van der Waals surface area (Å²) >= 11 is 0. The monoisotopic (exact) mass is 404 g/mol. The number of rotatable bonds is 5. The Morgan fingerprint density at radius 3 is 2.30 bits per heavy atom. The quantitative estimate of drug-likeness (QED) is 0.475. The fourth-order valence-electron chi connectivity index (χ4n) is 3.32. The molecule has 4 rings (SSSR count). The number of aromatic nitrogens is 4. The van der Waals surface area contributed by atoms with E-state index in [9.17, 15) is 14.4 Å². The van der Waals surface area contributed by atoms with E-state index in [0.717, 1.165) is 15.7 Å². The van der Waals surface area contributed by atoms with Crippen molar-refractivity contribution in [1.29, 1.82) is 0 Å². The molecule has 0 unspecified atom stereocenters. The second kappa shape index (κ2) is 7.82. The highest BCUT2D eigenvalue weighted by molar-refractivity contribution is 5.90. The second-order valence-electron chi connectivity index (χ2n) is 6.90. The number of benzene rings is 2. The van der Waals surface area contributed by atoms with E-state index in [2.05, 4.69) is 4.98 Å². The Hall–Kier alpha value is -3.94. The first kappa shape index (κ1) is 19.4. The normalized spacial score (nSPS) is 11.0. The zero-order valence-corrected chi connectivity index (χ0v) is 16.6. The van der Waals surface area contributed by atoms with Crippen molar-refractivity contribution < 1.29 is 9.53 Å². The zero-order valence-electron chi connectivity index (χ0n) is 16.6. The van der Waals surface area contributed by atoms with Gasteiger partial charge in [0.2, 0.25) is 0 Å². The molecule has 0 amide bonds. The maximum atomic E-state index is 12.4. The molecule has 4 aromatic rings. The molecule has 2 heterocycles. The van der Waals surface area contributed by atoms with Gasteiger partial charge in [0.15, 0.2) is 11.2 Å².